The summed E-state index contributed by atoms with van der Waals surface area (Å²) in [4.78, 5) is 20.9. The van der Waals surface area contributed by atoms with Gasteiger partial charge in [0.05, 0.1) is 42.2 Å². The van der Waals surface area contributed by atoms with Gasteiger partial charge in [-0.1, -0.05) is 39.2 Å². The number of benzene rings is 2. The second-order valence-electron chi connectivity index (χ2n) is 12.7. The van der Waals surface area contributed by atoms with E-state index in [1.807, 2.05) is 36.4 Å². The van der Waals surface area contributed by atoms with Crippen molar-refractivity contribution in [3.63, 3.8) is 0 Å². The summed E-state index contributed by atoms with van der Waals surface area (Å²) in [6.07, 6.45) is 9.97. The topological polar surface area (TPSA) is 92.4 Å². The first-order chi connectivity index (χ1) is 21.6. The van der Waals surface area contributed by atoms with Crippen LogP contribution in [0.15, 0.2) is 66.9 Å². The van der Waals surface area contributed by atoms with Gasteiger partial charge in [0, 0.05) is 34.8 Å². The summed E-state index contributed by atoms with van der Waals surface area (Å²) < 4.78 is 12.1. The molecule has 3 atom stereocenters. The van der Waals surface area contributed by atoms with Crippen molar-refractivity contribution < 1.29 is 14.3 Å². The van der Waals surface area contributed by atoms with E-state index in [9.17, 15) is 4.79 Å². The van der Waals surface area contributed by atoms with E-state index in [0.717, 1.165) is 72.5 Å². The number of H-pyrrole nitrogens is 1. The summed E-state index contributed by atoms with van der Waals surface area (Å²) in [6.45, 7) is 6.10. The van der Waals surface area contributed by atoms with Crippen LogP contribution in [-0.2, 0) is 4.74 Å². The van der Waals surface area contributed by atoms with E-state index in [0.29, 0.717) is 29.6 Å². The molecule has 8 heteroatoms. The van der Waals surface area contributed by atoms with Gasteiger partial charge < -0.3 is 14.8 Å². The molecule has 3 saturated heterocycles. The Morgan fingerprint density at radius 3 is 2.45 bits per heavy atom. The fourth-order valence-electron chi connectivity index (χ4n) is 7.69. The lowest BCUT2D eigenvalue weighted by Gasteiger charge is -2.53. The Bertz CT molecular complexity index is 1550. The Labute approximate surface area is 259 Å². The van der Waals surface area contributed by atoms with Crippen LogP contribution in [0.4, 0.5) is 0 Å². The van der Waals surface area contributed by atoms with E-state index < -0.39 is 0 Å². The molecule has 2 aromatic carbocycles. The number of carbonyl (C=O) groups excluding carboxylic acids is 1. The van der Waals surface area contributed by atoms with Gasteiger partial charge in [-0.05, 0) is 86.2 Å². The van der Waals surface area contributed by atoms with Crippen molar-refractivity contribution in [2.24, 2.45) is 5.92 Å². The second kappa shape index (κ2) is 12.7. The van der Waals surface area contributed by atoms with Crippen LogP contribution in [0.5, 0.6) is 5.75 Å². The van der Waals surface area contributed by atoms with Gasteiger partial charge >= 0.3 is 0 Å². The molecule has 2 bridgehead atoms. The lowest BCUT2D eigenvalue weighted by atomic mass is 9.81. The van der Waals surface area contributed by atoms with E-state index in [1.165, 1.54) is 19.3 Å². The highest BCUT2D eigenvalue weighted by Crippen LogP contribution is 2.39. The summed E-state index contributed by atoms with van der Waals surface area (Å²) >= 11 is 0. The lowest BCUT2D eigenvalue weighted by molar-refractivity contribution is -0.132. The zero-order chi connectivity index (χ0) is 30.0. The van der Waals surface area contributed by atoms with Crippen molar-refractivity contribution in [1.82, 2.24) is 25.4 Å². The molecule has 8 nitrogen and oxygen atoms in total. The highest BCUT2D eigenvalue weighted by molar-refractivity contribution is 6.01. The van der Waals surface area contributed by atoms with E-state index in [4.69, 9.17) is 9.47 Å². The number of nitrogens with one attached hydrogen (secondary N) is 2. The molecule has 3 unspecified atom stereocenters. The number of ether oxygens (including phenoxy) is 2. The summed E-state index contributed by atoms with van der Waals surface area (Å²) in [7, 11) is 0. The lowest BCUT2D eigenvalue weighted by Crippen LogP contribution is -2.63. The smallest absolute Gasteiger partial charge is 0.251 e. The Hall–Kier alpha value is -3.75. The van der Waals surface area contributed by atoms with Gasteiger partial charge in [0.1, 0.15) is 11.9 Å². The number of pyridine rings is 1. The molecule has 0 saturated carbocycles. The molecule has 0 spiro atoms. The first-order valence-corrected chi connectivity index (χ1v) is 16.4. The SMILES string of the molecule is CCC(CC)C(NC(=O)c1ccc2[nH]nc(-c3ccc(OC4CC5CCCC(C4)N5C4COC4)cc3)c2c1)c1ccccn1. The van der Waals surface area contributed by atoms with Crippen molar-refractivity contribution in [2.45, 2.75) is 89.1 Å². The average Bonchev–Trinajstić information content (AvgIpc) is 3.45. The molecule has 7 rings (SSSR count). The minimum absolute atomic E-state index is 0.106. The number of hydrogen-bond donors (Lipinski definition) is 2. The third-order valence-electron chi connectivity index (χ3n) is 10.1. The van der Waals surface area contributed by atoms with Crippen LogP contribution in [-0.4, -0.2) is 63.4 Å². The number of rotatable bonds is 10. The summed E-state index contributed by atoms with van der Waals surface area (Å²) in [5.41, 5.74) is 4.21. The number of fused-ring (bicyclic) bond motifs is 3. The van der Waals surface area contributed by atoms with Gasteiger partial charge in [0.2, 0.25) is 0 Å². The Balaban J connectivity index is 1.06. The molecule has 3 aliphatic rings. The number of piperidine rings is 2. The standard InChI is InChI=1S/C36H43N5O3/c1-3-23(4-2)35(33-10-5-6-17-37-33)38-36(42)25-13-16-32-31(18-25)34(40-39-32)24-11-14-29(15-12-24)44-30-19-26-8-7-9-27(20-30)41(26)28-21-43-22-28/h5-6,10-18,23,26-28,30,35H,3-4,7-9,19-22H2,1-2H3,(H,38,42)(H,39,40). The summed E-state index contributed by atoms with van der Waals surface area (Å²) in [5.74, 6) is 1.09. The van der Waals surface area contributed by atoms with Gasteiger partial charge in [-0.3, -0.25) is 19.8 Å². The number of carbonyl (C=O) groups is 1. The Kier molecular flexibility index (Phi) is 8.37. The third kappa shape index (κ3) is 5.73. The minimum atomic E-state index is -0.148. The Morgan fingerprint density at radius 2 is 1.80 bits per heavy atom. The van der Waals surface area contributed by atoms with Crippen LogP contribution < -0.4 is 10.1 Å². The molecule has 3 fully saturated rings. The van der Waals surface area contributed by atoms with Crippen LogP contribution in [0.3, 0.4) is 0 Å². The maximum atomic E-state index is 13.6. The van der Waals surface area contributed by atoms with Crippen molar-refractivity contribution in [2.75, 3.05) is 13.2 Å². The van der Waals surface area contributed by atoms with Crippen molar-refractivity contribution >= 4 is 16.8 Å². The molecule has 230 valence electrons. The van der Waals surface area contributed by atoms with Gasteiger partial charge in [-0.2, -0.15) is 5.10 Å². The van der Waals surface area contributed by atoms with Crippen molar-refractivity contribution in [1.29, 1.82) is 0 Å². The first-order valence-electron chi connectivity index (χ1n) is 16.4. The zero-order valence-corrected chi connectivity index (χ0v) is 25.7. The van der Waals surface area contributed by atoms with Crippen LogP contribution in [0.25, 0.3) is 22.2 Å². The van der Waals surface area contributed by atoms with E-state index in [1.54, 1.807) is 6.20 Å². The first kappa shape index (κ1) is 29.0. The molecule has 2 N–H and O–H groups in total. The van der Waals surface area contributed by atoms with Crippen LogP contribution in [0, 0.1) is 5.92 Å². The highest BCUT2D eigenvalue weighted by Gasteiger charge is 2.44. The molecular weight excluding hydrogens is 550 g/mol. The molecule has 3 aliphatic heterocycles. The van der Waals surface area contributed by atoms with Crippen molar-refractivity contribution in [3.05, 3.63) is 78.1 Å². The summed E-state index contributed by atoms with van der Waals surface area (Å²) in [5, 5.41) is 12.0. The summed E-state index contributed by atoms with van der Waals surface area (Å²) in [6, 6.07) is 21.5. The quantitative estimate of drug-likeness (QED) is 0.213. The van der Waals surface area contributed by atoms with E-state index >= 15 is 0 Å². The highest BCUT2D eigenvalue weighted by atomic mass is 16.5. The fraction of sp³-hybridized carbons (Fsp3) is 0.472. The van der Waals surface area contributed by atoms with Gasteiger partial charge in [-0.25, -0.2) is 0 Å². The van der Waals surface area contributed by atoms with Crippen molar-refractivity contribution in [3.8, 4) is 17.0 Å². The number of aromatic amines is 1. The number of amides is 1. The molecule has 0 radical (unpaired) electrons. The third-order valence-corrected chi connectivity index (χ3v) is 10.1. The second-order valence-corrected chi connectivity index (χ2v) is 12.7. The monoisotopic (exact) mass is 593 g/mol. The molecule has 5 heterocycles. The molecular formula is C36H43N5O3. The van der Waals surface area contributed by atoms with Crippen LogP contribution >= 0.6 is 0 Å². The molecule has 2 aromatic heterocycles. The van der Waals surface area contributed by atoms with E-state index in [-0.39, 0.29) is 18.1 Å². The normalized spacial score (nSPS) is 22.9. The van der Waals surface area contributed by atoms with E-state index in [2.05, 4.69) is 63.5 Å². The van der Waals surface area contributed by atoms with Gasteiger partial charge in [0.15, 0.2) is 0 Å². The molecule has 0 aliphatic carbocycles. The van der Waals surface area contributed by atoms with Crippen LogP contribution in [0.1, 0.15) is 80.9 Å². The number of nitrogens with zero attached hydrogens (tertiary/aromatic N) is 3. The molecule has 1 amide bonds. The van der Waals surface area contributed by atoms with Crippen LogP contribution in [0.2, 0.25) is 0 Å². The number of aromatic nitrogens is 3. The minimum Gasteiger partial charge on any atom is -0.490 e. The van der Waals surface area contributed by atoms with Gasteiger partial charge in [0.25, 0.3) is 5.91 Å². The average molecular weight is 594 g/mol. The predicted molar refractivity (Wildman–Crippen MR) is 172 cm³/mol. The maximum absolute atomic E-state index is 13.6. The maximum Gasteiger partial charge on any atom is 0.251 e. The molecule has 44 heavy (non-hydrogen) atoms. The number of hydrogen-bond acceptors (Lipinski definition) is 6. The predicted octanol–water partition coefficient (Wildman–Crippen LogP) is 6.70. The zero-order valence-electron chi connectivity index (χ0n) is 25.7. The largest absolute Gasteiger partial charge is 0.490 e. The van der Waals surface area contributed by atoms with Gasteiger partial charge in [-0.15, -0.1) is 0 Å². The fourth-order valence-corrected chi connectivity index (χ4v) is 7.69. The molecule has 4 aromatic rings. The Morgan fingerprint density at radius 1 is 1.02 bits per heavy atom.